The van der Waals surface area contributed by atoms with Crippen molar-refractivity contribution >= 4 is 16.7 Å². The van der Waals surface area contributed by atoms with Gasteiger partial charge in [-0.25, -0.2) is 4.98 Å². The molecule has 0 saturated heterocycles. The molecule has 0 aliphatic rings. The zero-order chi connectivity index (χ0) is 11.8. The first-order valence-electron chi connectivity index (χ1n) is 5.13. The minimum Gasteiger partial charge on any atom is -0.357 e. The van der Waals surface area contributed by atoms with Crippen molar-refractivity contribution < 1.29 is 0 Å². The number of imidazole rings is 1. The molecule has 1 heterocycles. The van der Waals surface area contributed by atoms with Crippen molar-refractivity contribution in [3.8, 4) is 6.07 Å². The van der Waals surface area contributed by atoms with E-state index in [4.69, 9.17) is 5.26 Å². The number of rotatable bonds is 2. The van der Waals surface area contributed by atoms with E-state index in [1.54, 1.807) is 6.33 Å². The lowest BCUT2D eigenvalue weighted by atomic mass is 10.1. The summed E-state index contributed by atoms with van der Waals surface area (Å²) in [4.78, 5) is 9.18. The van der Waals surface area contributed by atoms with Crippen LogP contribution in [-0.4, -0.2) is 22.6 Å². The Kier molecular flexibility index (Phi) is 2.31. The molecule has 4 heteroatoms. The van der Waals surface area contributed by atoms with Crippen LogP contribution in [-0.2, 0) is 0 Å². The van der Waals surface area contributed by atoms with Gasteiger partial charge in [-0.05, 0) is 32.0 Å². The first-order chi connectivity index (χ1) is 7.54. The second-order valence-electron chi connectivity index (χ2n) is 4.33. The number of nitrogens with zero attached hydrogens (tertiary/aromatic N) is 3. The molecule has 0 unspecified atom stereocenters. The Bertz CT molecular complexity index is 547. The number of benzene rings is 1. The monoisotopic (exact) mass is 214 g/mol. The van der Waals surface area contributed by atoms with Crippen LogP contribution >= 0.6 is 0 Å². The highest BCUT2D eigenvalue weighted by atomic mass is 15.2. The smallest absolute Gasteiger partial charge is 0.121 e. The summed E-state index contributed by atoms with van der Waals surface area (Å²) in [6, 6.07) is 8.21. The molecule has 0 aliphatic carbocycles. The van der Waals surface area contributed by atoms with Gasteiger partial charge >= 0.3 is 0 Å². The van der Waals surface area contributed by atoms with Crippen molar-refractivity contribution in [3.63, 3.8) is 0 Å². The summed E-state index contributed by atoms with van der Waals surface area (Å²) in [5.41, 5.74) is 2.40. The number of nitrogens with one attached hydrogen (secondary N) is 1. The molecule has 0 atom stereocenters. The van der Waals surface area contributed by atoms with Crippen molar-refractivity contribution in [1.82, 2.24) is 9.97 Å². The zero-order valence-corrected chi connectivity index (χ0v) is 9.65. The topological polar surface area (TPSA) is 55.7 Å². The Labute approximate surface area is 94.5 Å². The fourth-order valence-electron chi connectivity index (χ4n) is 1.53. The summed E-state index contributed by atoms with van der Waals surface area (Å²) in [5, 5.41) is 9.09. The number of H-pyrrole nitrogens is 1. The maximum Gasteiger partial charge on any atom is 0.121 e. The van der Waals surface area contributed by atoms with Crippen LogP contribution in [0.5, 0.6) is 0 Å². The Morgan fingerprint density at radius 3 is 2.88 bits per heavy atom. The van der Waals surface area contributed by atoms with Crippen LogP contribution in [0.25, 0.3) is 11.0 Å². The average molecular weight is 214 g/mol. The van der Waals surface area contributed by atoms with Crippen LogP contribution in [0.1, 0.15) is 13.8 Å². The molecule has 1 aromatic heterocycles. The van der Waals surface area contributed by atoms with Gasteiger partial charge in [0.2, 0.25) is 0 Å². The van der Waals surface area contributed by atoms with E-state index in [2.05, 4.69) is 16.0 Å². The third-order valence-corrected chi connectivity index (χ3v) is 2.90. The maximum atomic E-state index is 9.09. The first kappa shape index (κ1) is 10.5. The van der Waals surface area contributed by atoms with E-state index in [1.165, 1.54) is 0 Å². The minimum atomic E-state index is -0.520. The fraction of sp³-hybridized carbons (Fsp3) is 0.333. The highest BCUT2D eigenvalue weighted by molar-refractivity contribution is 5.79. The molecule has 16 heavy (non-hydrogen) atoms. The third kappa shape index (κ3) is 1.61. The van der Waals surface area contributed by atoms with Gasteiger partial charge in [-0.15, -0.1) is 0 Å². The SMILES string of the molecule is CN(c1ccc2nc[nH]c2c1)C(C)(C)C#N. The Morgan fingerprint density at radius 1 is 1.44 bits per heavy atom. The molecule has 1 N–H and O–H groups in total. The first-order valence-corrected chi connectivity index (χ1v) is 5.13. The zero-order valence-electron chi connectivity index (χ0n) is 9.65. The summed E-state index contributed by atoms with van der Waals surface area (Å²) >= 11 is 0. The van der Waals surface area contributed by atoms with Gasteiger partial charge in [0.15, 0.2) is 0 Å². The third-order valence-electron chi connectivity index (χ3n) is 2.90. The molecule has 0 radical (unpaired) electrons. The van der Waals surface area contributed by atoms with E-state index in [1.807, 2.05) is 44.0 Å². The largest absolute Gasteiger partial charge is 0.357 e. The van der Waals surface area contributed by atoms with Gasteiger partial charge in [-0.1, -0.05) is 0 Å². The molecule has 82 valence electrons. The summed E-state index contributed by atoms with van der Waals surface area (Å²) in [6.45, 7) is 3.79. The predicted octanol–water partition coefficient (Wildman–Crippen LogP) is 2.30. The lowest BCUT2D eigenvalue weighted by Crippen LogP contribution is -2.39. The van der Waals surface area contributed by atoms with E-state index in [0.717, 1.165) is 16.7 Å². The van der Waals surface area contributed by atoms with E-state index < -0.39 is 5.54 Å². The van der Waals surface area contributed by atoms with Gasteiger partial charge in [0.05, 0.1) is 23.4 Å². The highest BCUT2D eigenvalue weighted by Gasteiger charge is 2.23. The molecular weight excluding hydrogens is 200 g/mol. The van der Waals surface area contributed by atoms with Crippen molar-refractivity contribution in [2.24, 2.45) is 0 Å². The molecular formula is C12H14N4. The number of anilines is 1. The van der Waals surface area contributed by atoms with Crippen LogP contribution in [0.15, 0.2) is 24.5 Å². The maximum absolute atomic E-state index is 9.09. The molecule has 0 spiro atoms. The molecule has 2 aromatic rings. The average Bonchev–Trinajstić information content (AvgIpc) is 2.74. The lowest BCUT2D eigenvalue weighted by molar-refractivity contribution is 0.617. The second-order valence-corrected chi connectivity index (χ2v) is 4.33. The number of aromatic nitrogens is 2. The Balaban J connectivity index is 2.44. The van der Waals surface area contributed by atoms with Crippen LogP contribution in [0.3, 0.4) is 0 Å². The van der Waals surface area contributed by atoms with Crippen LogP contribution in [0.2, 0.25) is 0 Å². The molecule has 1 aromatic carbocycles. The molecule has 4 nitrogen and oxygen atoms in total. The second kappa shape index (κ2) is 3.53. The van der Waals surface area contributed by atoms with Crippen molar-refractivity contribution in [2.45, 2.75) is 19.4 Å². The molecule has 0 aliphatic heterocycles. The van der Waals surface area contributed by atoms with Crippen LogP contribution in [0.4, 0.5) is 5.69 Å². The Morgan fingerprint density at radius 2 is 2.19 bits per heavy atom. The molecule has 0 fully saturated rings. The van der Waals surface area contributed by atoms with E-state index in [9.17, 15) is 0 Å². The van der Waals surface area contributed by atoms with Gasteiger partial charge in [0.25, 0.3) is 0 Å². The van der Waals surface area contributed by atoms with Gasteiger partial charge in [0, 0.05) is 12.7 Å². The summed E-state index contributed by atoms with van der Waals surface area (Å²) in [6.07, 6.45) is 1.67. The standard InChI is InChI=1S/C12H14N4/c1-12(2,7-13)16(3)9-4-5-10-11(6-9)15-8-14-10/h4-6,8H,1-3H3,(H,14,15). The number of nitriles is 1. The highest BCUT2D eigenvalue weighted by Crippen LogP contribution is 2.24. The quantitative estimate of drug-likeness (QED) is 0.834. The number of aromatic amines is 1. The lowest BCUT2D eigenvalue weighted by Gasteiger charge is -2.31. The van der Waals surface area contributed by atoms with Gasteiger partial charge < -0.3 is 9.88 Å². The van der Waals surface area contributed by atoms with E-state index >= 15 is 0 Å². The van der Waals surface area contributed by atoms with Crippen LogP contribution in [0, 0.1) is 11.3 Å². The molecule has 2 rings (SSSR count). The van der Waals surface area contributed by atoms with Crippen LogP contribution < -0.4 is 4.90 Å². The van der Waals surface area contributed by atoms with E-state index in [-0.39, 0.29) is 0 Å². The summed E-state index contributed by atoms with van der Waals surface area (Å²) in [7, 11) is 1.92. The normalized spacial score (nSPS) is 11.4. The molecule has 0 saturated carbocycles. The number of fused-ring (bicyclic) bond motifs is 1. The molecule has 0 bridgehead atoms. The Hall–Kier alpha value is -2.02. The summed E-state index contributed by atoms with van der Waals surface area (Å²) < 4.78 is 0. The van der Waals surface area contributed by atoms with Gasteiger partial charge in [-0.2, -0.15) is 5.26 Å². The van der Waals surface area contributed by atoms with E-state index in [0.29, 0.717) is 0 Å². The van der Waals surface area contributed by atoms with Gasteiger partial charge in [0.1, 0.15) is 5.54 Å². The number of hydrogen-bond acceptors (Lipinski definition) is 3. The molecule has 0 amide bonds. The van der Waals surface area contributed by atoms with Crippen molar-refractivity contribution in [2.75, 3.05) is 11.9 Å². The van der Waals surface area contributed by atoms with Gasteiger partial charge in [-0.3, -0.25) is 0 Å². The number of hydrogen-bond donors (Lipinski definition) is 1. The fourth-order valence-corrected chi connectivity index (χ4v) is 1.53. The van der Waals surface area contributed by atoms with Crippen molar-refractivity contribution in [1.29, 1.82) is 5.26 Å². The summed E-state index contributed by atoms with van der Waals surface area (Å²) in [5.74, 6) is 0. The minimum absolute atomic E-state index is 0.520. The predicted molar refractivity (Wildman–Crippen MR) is 64.2 cm³/mol. The van der Waals surface area contributed by atoms with Crippen molar-refractivity contribution in [3.05, 3.63) is 24.5 Å².